The van der Waals surface area contributed by atoms with Crippen LogP contribution in [0.25, 0.3) is 0 Å². The number of halogens is 1. The second-order valence-electron chi connectivity index (χ2n) is 3.34. The van der Waals surface area contributed by atoms with E-state index in [2.05, 4.69) is 20.9 Å². The Morgan fingerprint density at radius 3 is 2.69 bits per heavy atom. The van der Waals surface area contributed by atoms with E-state index in [0.29, 0.717) is 10.3 Å². The van der Waals surface area contributed by atoms with Crippen molar-refractivity contribution in [3.05, 3.63) is 28.5 Å². The average Bonchev–Trinajstić information content (AvgIpc) is 2.15. The highest BCUT2D eigenvalue weighted by Gasteiger charge is 2.18. The largest absolute Gasteiger partial charge is 0.394 e. The van der Waals surface area contributed by atoms with Crippen molar-refractivity contribution in [2.75, 3.05) is 12.4 Å². The quantitative estimate of drug-likeness (QED) is 0.754. The topological polar surface area (TPSA) is 87.5 Å². The predicted octanol–water partition coefficient (Wildman–Crippen LogP) is 0.112. The molecule has 1 unspecified atom stereocenters. The van der Waals surface area contributed by atoms with Crippen LogP contribution in [-0.2, 0) is 15.6 Å². The van der Waals surface area contributed by atoms with Gasteiger partial charge in [0.25, 0.3) is 0 Å². The monoisotopic (exact) mass is 309 g/mol. The van der Waals surface area contributed by atoms with E-state index in [0.717, 1.165) is 0 Å². The molecule has 1 rings (SSSR count). The molecule has 1 heterocycles. The number of rotatable bonds is 5. The number of hydrogen-bond donors (Lipinski definition) is 2. The lowest BCUT2D eigenvalue weighted by molar-refractivity contribution is 0.112. The number of aliphatic hydroxyl groups is 2. The first kappa shape index (κ1) is 13.6. The highest BCUT2D eigenvalue weighted by atomic mass is 79.9. The molecule has 90 valence electrons. The van der Waals surface area contributed by atoms with Gasteiger partial charge in [-0.2, -0.15) is 0 Å². The fourth-order valence-corrected chi connectivity index (χ4v) is 2.96. The summed E-state index contributed by atoms with van der Waals surface area (Å²) in [5.41, 5.74) is 0.402. The molecule has 1 aromatic heterocycles. The van der Waals surface area contributed by atoms with Gasteiger partial charge in [-0.3, -0.25) is 0 Å². The Morgan fingerprint density at radius 2 is 2.12 bits per heavy atom. The van der Waals surface area contributed by atoms with Gasteiger partial charge in [0.15, 0.2) is 9.84 Å². The van der Waals surface area contributed by atoms with E-state index in [-0.39, 0.29) is 5.75 Å². The lowest BCUT2D eigenvalue weighted by Gasteiger charge is -2.08. The molecule has 0 aliphatic heterocycles. The summed E-state index contributed by atoms with van der Waals surface area (Å²) in [5.74, 6) is -0.707. The van der Waals surface area contributed by atoms with Crippen LogP contribution < -0.4 is 0 Å². The summed E-state index contributed by atoms with van der Waals surface area (Å²) < 4.78 is 23.7. The minimum Gasteiger partial charge on any atom is -0.394 e. The van der Waals surface area contributed by atoms with Crippen LogP contribution in [0, 0.1) is 0 Å². The number of aromatic nitrogens is 1. The lowest BCUT2D eigenvalue weighted by atomic mass is 10.4. The SMILES string of the molecule is O=S(=O)(Cc1cccc(Br)n1)CC(O)CO. The molecule has 2 N–H and O–H groups in total. The number of pyridine rings is 1. The van der Waals surface area contributed by atoms with Crippen molar-refractivity contribution in [2.45, 2.75) is 11.9 Å². The van der Waals surface area contributed by atoms with Crippen LogP contribution in [0.1, 0.15) is 5.69 Å². The second-order valence-corrected chi connectivity index (χ2v) is 6.26. The minimum atomic E-state index is -3.46. The normalized spacial score (nSPS) is 13.7. The third-order valence-corrected chi connectivity index (χ3v) is 3.87. The van der Waals surface area contributed by atoms with Gasteiger partial charge in [0.05, 0.1) is 29.9 Å². The average molecular weight is 310 g/mol. The Morgan fingerprint density at radius 1 is 1.44 bits per heavy atom. The highest BCUT2D eigenvalue weighted by molar-refractivity contribution is 9.10. The van der Waals surface area contributed by atoms with E-state index in [1.54, 1.807) is 18.2 Å². The molecular formula is C9H12BrNO4S. The molecule has 0 fully saturated rings. The maximum atomic E-state index is 11.6. The summed E-state index contributed by atoms with van der Waals surface area (Å²) in [7, 11) is -3.46. The molecule has 16 heavy (non-hydrogen) atoms. The van der Waals surface area contributed by atoms with Gasteiger partial charge in [-0.25, -0.2) is 13.4 Å². The van der Waals surface area contributed by atoms with Crippen LogP contribution in [0.4, 0.5) is 0 Å². The second kappa shape index (κ2) is 5.72. The molecule has 5 nitrogen and oxygen atoms in total. The van der Waals surface area contributed by atoms with Gasteiger partial charge in [0.2, 0.25) is 0 Å². The lowest BCUT2D eigenvalue weighted by Crippen LogP contribution is -2.25. The summed E-state index contributed by atoms with van der Waals surface area (Å²) in [6.45, 7) is -0.564. The highest BCUT2D eigenvalue weighted by Crippen LogP contribution is 2.10. The predicted molar refractivity (Wildman–Crippen MR) is 62.5 cm³/mol. The zero-order valence-electron chi connectivity index (χ0n) is 8.38. The molecule has 0 amide bonds. The van der Waals surface area contributed by atoms with Gasteiger partial charge in [-0.15, -0.1) is 0 Å². The zero-order chi connectivity index (χ0) is 12.2. The van der Waals surface area contributed by atoms with E-state index < -0.39 is 28.3 Å². The Kier molecular flexibility index (Phi) is 4.85. The summed E-state index contributed by atoms with van der Waals surface area (Å²) >= 11 is 3.14. The summed E-state index contributed by atoms with van der Waals surface area (Å²) in [6, 6.07) is 4.97. The number of hydrogen-bond acceptors (Lipinski definition) is 5. The van der Waals surface area contributed by atoms with Gasteiger partial charge in [0, 0.05) is 0 Å². The molecule has 0 radical (unpaired) electrons. The Labute approximate surface area is 102 Å². The maximum Gasteiger partial charge on any atom is 0.158 e. The molecule has 0 saturated carbocycles. The molecule has 0 bridgehead atoms. The van der Waals surface area contributed by atoms with Crippen LogP contribution in [0.3, 0.4) is 0 Å². The molecule has 0 saturated heterocycles. The number of aliphatic hydroxyl groups excluding tert-OH is 2. The van der Waals surface area contributed by atoms with E-state index in [1.165, 1.54) is 0 Å². The molecule has 1 atom stereocenters. The van der Waals surface area contributed by atoms with Gasteiger partial charge in [-0.05, 0) is 28.1 Å². The summed E-state index contributed by atoms with van der Waals surface area (Å²) in [4.78, 5) is 3.98. The first-order valence-corrected chi connectivity index (χ1v) is 7.15. The van der Waals surface area contributed by atoms with Crippen LogP contribution in [-0.4, -0.2) is 42.1 Å². The van der Waals surface area contributed by atoms with Crippen molar-refractivity contribution in [2.24, 2.45) is 0 Å². The zero-order valence-corrected chi connectivity index (χ0v) is 10.8. The summed E-state index contributed by atoms with van der Waals surface area (Å²) in [5, 5.41) is 17.6. The molecule has 0 aliphatic carbocycles. The minimum absolute atomic E-state index is 0.247. The smallest absolute Gasteiger partial charge is 0.158 e. The van der Waals surface area contributed by atoms with Crippen molar-refractivity contribution < 1.29 is 18.6 Å². The third kappa shape index (κ3) is 4.56. The van der Waals surface area contributed by atoms with Crippen LogP contribution in [0.15, 0.2) is 22.8 Å². The maximum absolute atomic E-state index is 11.6. The Balaban J connectivity index is 2.73. The Bertz CT molecular complexity index is 449. The van der Waals surface area contributed by atoms with E-state index in [1.807, 2.05) is 0 Å². The van der Waals surface area contributed by atoms with E-state index in [9.17, 15) is 8.42 Å². The first-order valence-electron chi connectivity index (χ1n) is 4.54. The van der Waals surface area contributed by atoms with Crippen molar-refractivity contribution in [1.82, 2.24) is 4.98 Å². The van der Waals surface area contributed by atoms with Gasteiger partial charge in [-0.1, -0.05) is 6.07 Å². The van der Waals surface area contributed by atoms with E-state index in [4.69, 9.17) is 10.2 Å². The van der Waals surface area contributed by atoms with Crippen molar-refractivity contribution in [1.29, 1.82) is 0 Å². The molecule has 0 spiro atoms. The summed E-state index contributed by atoms with van der Waals surface area (Å²) in [6.07, 6.45) is -1.24. The van der Waals surface area contributed by atoms with Crippen molar-refractivity contribution in [3.8, 4) is 0 Å². The van der Waals surface area contributed by atoms with Gasteiger partial charge >= 0.3 is 0 Å². The van der Waals surface area contributed by atoms with Gasteiger partial charge < -0.3 is 10.2 Å². The number of sulfone groups is 1. The van der Waals surface area contributed by atoms with Crippen LogP contribution in [0.5, 0.6) is 0 Å². The van der Waals surface area contributed by atoms with E-state index >= 15 is 0 Å². The van der Waals surface area contributed by atoms with Gasteiger partial charge in [0.1, 0.15) is 4.60 Å². The van der Waals surface area contributed by atoms with Crippen molar-refractivity contribution >= 4 is 25.8 Å². The Hall–Kier alpha value is -0.500. The fraction of sp³-hybridized carbons (Fsp3) is 0.444. The van der Waals surface area contributed by atoms with Crippen LogP contribution in [0.2, 0.25) is 0 Å². The fourth-order valence-electron chi connectivity index (χ4n) is 1.16. The molecular weight excluding hydrogens is 298 g/mol. The van der Waals surface area contributed by atoms with Crippen molar-refractivity contribution in [3.63, 3.8) is 0 Å². The van der Waals surface area contributed by atoms with Crippen LogP contribution >= 0.6 is 15.9 Å². The standard InChI is InChI=1S/C9H12BrNO4S/c10-9-3-1-2-7(11-9)5-16(14,15)6-8(13)4-12/h1-3,8,12-13H,4-6H2. The first-order chi connectivity index (χ1) is 7.43. The molecule has 7 heteroatoms. The molecule has 0 aliphatic rings. The molecule has 0 aromatic carbocycles. The molecule has 1 aromatic rings. The third-order valence-electron chi connectivity index (χ3n) is 1.80. The number of nitrogens with zero attached hydrogens (tertiary/aromatic N) is 1.